The summed E-state index contributed by atoms with van der Waals surface area (Å²) in [5, 5.41) is 16.0. The summed E-state index contributed by atoms with van der Waals surface area (Å²) >= 11 is 0. The second-order valence-electron chi connectivity index (χ2n) is 5.75. The zero-order valence-electron chi connectivity index (χ0n) is 13.0. The fourth-order valence-electron chi connectivity index (χ4n) is 2.31. The summed E-state index contributed by atoms with van der Waals surface area (Å²) < 4.78 is 0. The number of phenolic OH excluding ortho intramolecular Hbond substituents is 1. The van der Waals surface area contributed by atoms with E-state index in [1.807, 2.05) is 26.0 Å². The summed E-state index contributed by atoms with van der Waals surface area (Å²) in [5.41, 5.74) is 1.91. The van der Waals surface area contributed by atoms with Crippen LogP contribution in [-0.4, -0.2) is 24.1 Å². The van der Waals surface area contributed by atoms with Crippen LogP contribution in [0.3, 0.4) is 0 Å². The van der Waals surface area contributed by atoms with E-state index in [1.165, 1.54) is 0 Å². The molecule has 3 N–H and O–H groups in total. The molecule has 112 valence electrons. The van der Waals surface area contributed by atoms with Gasteiger partial charge in [0.05, 0.1) is 6.04 Å². The van der Waals surface area contributed by atoms with Gasteiger partial charge in [-0.2, -0.15) is 0 Å². The molecule has 20 heavy (non-hydrogen) atoms. The molecule has 2 atom stereocenters. The molecule has 4 nitrogen and oxygen atoms in total. The zero-order valence-corrected chi connectivity index (χ0v) is 13.0. The smallest absolute Gasteiger partial charge is 0.236 e. The molecular formula is C16H26N2O2. The largest absolute Gasteiger partial charge is 0.508 e. The molecule has 2 unspecified atom stereocenters. The van der Waals surface area contributed by atoms with Crippen molar-refractivity contribution < 1.29 is 9.90 Å². The molecule has 0 aliphatic carbocycles. The number of phenols is 1. The van der Waals surface area contributed by atoms with Gasteiger partial charge in [0.25, 0.3) is 0 Å². The van der Waals surface area contributed by atoms with E-state index in [0.717, 1.165) is 17.5 Å². The van der Waals surface area contributed by atoms with Gasteiger partial charge in [-0.1, -0.05) is 31.5 Å². The highest BCUT2D eigenvalue weighted by atomic mass is 16.3. The monoisotopic (exact) mass is 278 g/mol. The molecule has 0 radical (unpaired) electrons. The van der Waals surface area contributed by atoms with E-state index in [0.29, 0.717) is 5.92 Å². The molecule has 0 saturated heterocycles. The van der Waals surface area contributed by atoms with Crippen molar-refractivity contribution in [2.45, 2.75) is 46.2 Å². The van der Waals surface area contributed by atoms with Crippen molar-refractivity contribution in [3.8, 4) is 5.75 Å². The molecule has 1 rings (SSSR count). The number of aromatic hydroxyl groups is 1. The van der Waals surface area contributed by atoms with E-state index in [4.69, 9.17) is 0 Å². The Bertz CT molecular complexity index is 458. The maximum atomic E-state index is 11.9. The second-order valence-corrected chi connectivity index (χ2v) is 5.75. The minimum atomic E-state index is -0.255. The van der Waals surface area contributed by atoms with Crippen LogP contribution in [0.1, 0.15) is 44.4 Å². The lowest BCUT2D eigenvalue weighted by atomic mass is 9.99. The Hall–Kier alpha value is -1.55. The number of carbonyl (C=O) groups excluding carboxylic acids is 1. The van der Waals surface area contributed by atoms with Crippen LogP contribution in [0.15, 0.2) is 18.2 Å². The van der Waals surface area contributed by atoms with Crippen molar-refractivity contribution in [3.63, 3.8) is 0 Å². The lowest BCUT2D eigenvalue weighted by Crippen LogP contribution is -2.44. The molecule has 1 aromatic carbocycles. The normalized spacial score (nSPS) is 14.1. The standard InChI is InChI=1S/C16H26N2O2/c1-10(2)8-14(16(20)17-5)18-12(4)13-9-11(3)6-7-15(13)19/h6-7,9-10,12,14,18-19H,8H2,1-5H3,(H,17,20). The SMILES string of the molecule is CNC(=O)C(CC(C)C)NC(C)c1cc(C)ccc1O. The molecule has 0 bridgehead atoms. The first kappa shape index (κ1) is 16.5. The summed E-state index contributed by atoms with van der Waals surface area (Å²) in [7, 11) is 1.64. The Kier molecular flexibility index (Phi) is 6.02. The second kappa shape index (κ2) is 7.29. The number of hydrogen-bond acceptors (Lipinski definition) is 3. The van der Waals surface area contributed by atoms with Crippen LogP contribution in [-0.2, 0) is 4.79 Å². The molecule has 1 aromatic rings. The molecule has 0 saturated carbocycles. The summed E-state index contributed by atoms with van der Waals surface area (Å²) in [6.45, 7) is 8.13. The summed E-state index contributed by atoms with van der Waals surface area (Å²) in [6.07, 6.45) is 0.761. The fourth-order valence-corrected chi connectivity index (χ4v) is 2.31. The highest BCUT2D eigenvalue weighted by Gasteiger charge is 2.22. The number of carbonyl (C=O) groups is 1. The van der Waals surface area contributed by atoms with Crippen molar-refractivity contribution in [2.24, 2.45) is 5.92 Å². The van der Waals surface area contributed by atoms with E-state index in [1.54, 1.807) is 13.1 Å². The number of nitrogens with one attached hydrogen (secondary N) is 2. The van der Waals surface area contributed by atoms with Gasteiger partial charge in [0.15, 0.2) is 0 Å². The number of amides is 1. The molecule has 0 spiro atoms. The number of likely N-dealkylation sites (N-methyl/N-ethyl adjacent to an activating group) is 1. The highest BCUT2D eigenvalue weighted by Crippen LogP contribution is 2.25. The quantitative estimate of drug-likeness (QED) is 0.749. The van der Waals surface area contributed by atoms with Crippen LogP contribution >= 0.6 is 0 Å². The van der Waals surface area contributed by atoms with E-state index in [-0.39, 0.29) is 23.7 Å². The molecule has 0 fully saturated rings. The van der Waals surface area contributed by atoms with Crippen LogP contribution in [0.25, 0.3) is 0 Å². The molecule has 0 aliphatic rings. The van der Waals surface area contributed by atoms with E-state index in [2.05, 4.69) is 24.5 Å². The Balaban J connectivity index is 2.86. The first-order valence-corrected chi connectivity index (χ1v) is 7.12. The van der Waals surface area contributed by atoms with Gasteiger partial charge >= 0.3 is 0 Å². The average molecular weight is 278 g/mol. The molecule has 0 aromatic heterocycles. The van der Waals surface area contributed by atoms with Gasteiger partial charge in [-0.05, 0) is 32.3 Å². The number of aryl methyl sites for hydroxylation is 1. The Morgan fingerprint density at radius 2 is 1.95 bits per heavy atom. The third kappa shape index (κ3) is 4.53. The van der Waals surface area contributed by atoms with Crippen LogP contribution in [0.2, 0.25) is 0 Å². The first-order valence-electron chi connectivity index (χ1n) is 7.12. The van der Waals surface area contributed by atoms with Crippen molar-refractivity contribution in [3.05, 3.63) is 29.3 Å². The van der Waals surface area contributed by atoms with E-state index >= 15 is 0 Å². The van der Waals surface area contributed by atoms with Gasteiger partial charge < -0.3 is 10.4 Å². The third-order valence-corrected chi connectivity index (χ3v) is 3.37. The van der Waals surface area contributed by atoms with E-state index < -0.39 is 0 Å². The predicted octanol–water partition coefficient (Wildman–Crippen LogP) is 2.51. The molecule has 1 amide bonds. The van der Waals surface area contributed by atoms with Crippen molar-refractivity contribution in [1.29, 1.82) is 0 Å². The van der Waals surface area contributed by atoms with Crippen LogP contribution in [0, 0.1) is 12.8 Å². The Labute approximate surface area is 121 Å². The van der Waals surface area contributed by atoms with Crippen molar-refractivity contribution in [2.75, 3.05) is 7.05 Å². The molecular weight excluding hydrogens is 252 g/mol. The van der Waals surface area contributed by atoms with Gasteiger partial charge in [0.2, 0.25) is 5.91 Å². The zero-order chi connectivity index (χ0) is 15.3. The minimum Gasteiger partial charge on any atom is -0.508 e. The predicted molar refractivity (Wildman–Crippen MR) is 81.7 cm³/mol. The lowest BCUT2D eigenvalue weighted by Gasteiger charge is -2.24. The summed E-state index contributed by atoms with van der Waals surface area (Å²) in [4.78, 5) is 11.9. The van der Waals surface area contributed by atoms with Crippen LogP contribution in [0.5, 0.6) is 5.75 Å². The molecule has 4 heteroatoms. The van der Waals surface area contributed by atoms with Gasteiger partial charge in [0.1, 0.15) is 5.75 Å². The maximum absolute atomic E-state index is 11.9. The third-order valence-electron chi connectivity index (χ3n) is 3.37. The number of rotatable bonds is 6. The summed E-state index contributed by atoms with van der Waals surface area (Å²) in [6, 6.07) is 5.17. The Morgan fingerprint density at radius 3 is 2.50 bits per heavy atom. The molecule has 0 aliphatic heterocycles. The van der Waals surface area contributed by atoms with Crippen LogP contribution in [0.4, 0.5) is 0 Å². The first-order chi connectivity index (χ1) is 9.35. The van der Waals surface area contributed by atoms with Crippen LogP contribution < -0.4 is 10.6 Å². The number of benzene rings is 1. The van der Waals surface area contributed by atoms with Crippen molar-refractivity contribution in [1.82, 2.24) is 10.6 Å². The lowest BCUT2D eigenvalue weighted by molar-refractivity contribution is -0.123. The van der Waals surface area contributed by atoms with E-state index in [9.17, 15) is 9.90 Å². The topological polar surface area (TPSA) is 61.4 Å². The Morgan fingerprint density at radius 1 is 1.30 bits per heavy atom. The maximum Gasteiger partial charge on any atom is 0.236 e. The average Bonchev–Trinajstić information content (AvgIpc) is 2.39. The minimum absolute atomic E-state index is 0.0160. The highest BCUT2D eigenvalue weighted by molar-refractivity contribution is 5.81. The summed E-state index contributed by atoms with van der Waals surface area (Å²) in [5.74, 6) is 0.664. The fraction of sp³-hybridized carbons (Fsp3) is 0.562. The van der Waals surface area contributed by atoms with Gasteiger partial charge in [-0.3, -0.25) is 10.1 Å². The molecule has 0 heterocycles. The van der Waals surface area contributed by atoms with Gasteiger partial charge in [-0.25, -0.2) is 0 Å². The van der Waals surface area contributed by atoms with Gasteiger partial charge in [-0.15, -0.1) is 0 Å². The van der Waals surface area contributed by atoms with Crippen molar-refractivity contribution >= 4 is 5.91 Å². The van der Waals surface area contributed by atoms with Gasteiger partial charge in [0, 0.05) is 18.7 Å². The number of hydrogen-bond donors (Lipinski definition) is 3.